The lowest BCUT2D eigenvalue weighted by Crippen LogP contribution is -2.25. The van der Waals surface area contributed by atoms with Gasteiger partial charge in [0.25, 0.3) is 0 Å². The molecule has 2 rings (SSSR count). The highest BCUT2D eigenvalue weighted by molar-refractivity contribution is 9.10. The first-order chi connectivity index (χ1) is 8.92. The van der Waals surface area contributed by atoms with Gasteiger partial charge in [0.1, 0.15) is 0 Å². The maximum Gasteiger partial charge on any atom is 0.203 e. The van der Waals surface area contributed by atoms with E-state index >= 15 is 0 Å². The zero-order valence-electron chi connectivity index (χ0n) is 11.1. The number of nitrogens with one attached hydrogen (secondary N) is 1. The van der Waals surface area contributed by atoms with E-state index < -0.39 is 0 Å². The normalized spacial score (nSPS) is 11.6. The first-order valence-corrected chi connectivity index (χ1v) is 8.47. The molecule has 1 aromatic carbocycles. The molecule has 0 saturated carbocycles. The molecular formula is C13H16BrN3S2. The van der Waals surface area contributed by atoms with Crippen molar-refractivity contribution in [2.75, 3.05) is 5.32 Å². The monoisotopic (exact) mass is 357 g/mol. The highest BCUT2D eigenvalue weighted by atomic mass is 79.9. The Bertz CT molecular complexity index is 549. The molecule has 0 unspecified atom stereocenters. The van der Waals surface area contributed by atoms with Crippen molar-refractivity contribution in [1.82, 2.24) is 9.36 Å². The number of thioether (sulfide) groups is 1. The predicted octanol–water partition coefficient (Wildman–Crippen LogP) is 4.80. The van der Waals surface area contributed by atoms with Crippen LogP contribution in [0.3, 0.4) is 0 Å². The van der Waals surface area contributed by atoms with Crippen LogP contribution >= 0.6 is 39.2 Å². The van der Waals surface area contributed by atoms with E-state index in [-0.39, 0.29) is 5.54 Å². The van der Waals surface area contributed by atoms with Gasteiger partial charge in [0, 0.05) is 26.4 Å². The highest BCUT2D eigenvalue weighted by Crippen LogP contribution is 2.26. The van der Waals surface area contributed by atoms with Gasteiger partial charge in [-0.1, -0.05) is 22.0 Å². The summed E-state index contributed by atoms with van der Waals surface area (Å²) in [6, 6.07) is 8.26. The quantitative estimate of drug-likeness (QED) is 0.797. The Morgan fingerprint density at radius 2 is 2.16 bits per heavy atom. The van der Waals surface area contributed by atoms with E-state index in [9.17, 15) is 0 Å². The molecule has 0 aliphatic heterocycles. The van der Waals surface area contributed by atoms with Gasteiger partial charge < -0.3 is 5.32 Å². The molecule has 1 heterocycles. The molecular weight excluding hydrogens is 342 g/mol. The molecule has 0 bridgehead atoms. The molecule has 0 aliphatic carbocycles. The highest BCUT2D eigenvalue weighted by Gasteiger charge is 2.12. The van der Waals surface area contributed by atoms with E-state index in [1.54, 1.807) is 11.8 Å². The molecule has 2 aromatic rings. The van der Waals surface area contributed by atoms with Gasteiger partial charge in [-0.25, -0.2) is 4.98 Å². The van der Waals surface area contributed by atoms with Crippen molar-refractivity contribution in [2.24, 2.45) is 0 Å². The van der Waals surface area contributed by atoms with Crippen LogP contribution in [0.25, 0.3) is 0 Å². The summed E-state index contributed by atoms with van der Waals surface area (Å²) in [5, 5.41) is 4.22. The number of nitrogens with zero attached hydrogens (tertiary/aromatic N) is 2. The van der Waals surface area contributed by atoms with E-state index in [2.05, 4.69) is 63.5 Å². The largest absolute Gasteiger partial charge is 0.356 e. The molecule has 6 heteroatoms. The van der Waals surface area contributed by atoms with Crippen molar-refractivity contribution in [1.29, 1.82) is 0 Å². The second-order valence-corrected chi connectivity index (χ2v) is 7.85. The summed E-state index contributed by atoms with van der Waals surface area (Å²) in [6.07, 6.45) is 0. The van der Waals surface area contributed by atoms with E-state index in [0.29, 0.717) is 0 Å². The molecule has 0 spiro atoms. The smallest absolute Gasteiger partial charge is 0.203 e. The van der Waals surface area contributed by atoms with Crippen LogP contribution in [0.15, 0.2) is 33.6 Å². The number of hydrogen-bond acceptors (Lipinski definition) is 5. The summed E-state index contributed by atoms with van der Waals surface area (Å²) in [7, 11) is 0. The van der Waals surface area contributed by atoms with Gasteiger partial charge in [0.15, 0.2) is 5.82 Å². The third-order valence-corrected chi connectivity index (χ3v) is 4.27. The van der Waals surface area contributed by atoms with Gasteiger partial charge in [-0.3, -0.25) is 0 Å². The molecule has 1 N–H and O–H groups in total. The lowest BCUT2D eigenvalue weighted by Gasteiger charge is -2.18. The van der Waals surface area contributed by atoms with Crippen LogP contribution in [0.2, 0.25) is 0 Å². The molecule has 1 aromatic heterocycles. The fourth-order valence-corrected chi connectivity index (χ4v) is 3.63. The maximum absolute atomic E-state index is 4.50. The minimum atomic E-state index is 0.0221. The number of halogens is 1. The standard InChI is InChI=1S/C13H16BrN3S2/c1-13(2,3)16-12-15-11(17-19-12)8-18-10-6-4-5-9(14)7-10/h4-7H,8H2,1-3H3,(H,15,16,17). The number of aromatic nitrogens is 2. The van der Waals surface area contributed by atoms with E-state index in [1.165, 1.54) is 16.4 Å². The van der Waals surface area contributed by atoms with E-state index in [0.717, 1.165) is 21.2 Å². The van der Waals surface area contributed by atoms with Crippen LogP contribution in [0, 0.1) is 0 Å². The Morgan fingerprint density at radius 3 is 2.84 bits per heavy atom. The molecule has 0 amide bonds. The Hall–Kier alpha value is -0.590. The van der Waals surface area contributed by atoms with Crippen molar-refractivity contribution in [2.45, 2.75) is 37.0 Å². The summed E-state index contributed by atoms with van der Waals surface area (Å²) in [6.45, 7) is 6.35. The maximum atomic E-state index is 4.50. The third-order valence-electron chi connectivity index (χ3n) is 2.11. The molecule has 0 aliphatic rings. The lowest BCUT2D eigenvalue weighted by molar-refractivity contribution is 0.633. The summed E-state index contributed by atoms with van der Waals surface area (Å²) in [5.41, 5.74) is 0.0221. The molecule has 0 fully saturated rings. The van der Waals surface area contributed by atoms with Crippen molar-refractivity contribution in [3.05, 3.63) is 34.6 Å². The lowest BCUT2D eigenvalue weighted by atomic mass is 10.1. The molecule has 102 valence electrons. The zero-order valence-corrected chi connectivity index (χ0v) is 14.3. The Labute approximate surface area is 130 Å². The van der Waals surface area contributed by atoms with Gasteiger partial charge in [0.2, 0.25) is 5.13 Å². The van der Waals surface area contributed by atoms with Crippen molar-refractivity contribution in [3.8, 4) is 0 Å². The minimum Gasteiger partial charge on any atom is -0.356 e. The number of anilines is 1. The molecule has 19 heavy (non-hydrogen) atoms. The first kappa shape index (κ1) is 14.8. The van der Waals surface area contributed by atoms with Crippen LogP contribution in [-0.4, -0.2) is 14.9 Å². The second-order valence-electron chi connectivity index (χ2n) is 5.14. The topological polar surface area (TPSA) is 37.8 Å². The summed E-state index contributed by atoms with van der Waals surface area (Å²) in [4.78, 5) is 5.71. The van der Waals surface area contributed by atoms with E-state index in [1.807, 2.05) is 12.1 Å². The SMILES string of the molecule is CC(C)(C)Nc1nc(CSc2cccc(Br)c2)ns1. The molecule has 0 saturated heterocycles. The fraction of sp³-hybridized carbons (Fsp3) is 0.385. The number of benzene rings is 1. The van der Waals surface area contributed by atoms with Gasteiger partial charge in [-0.05, 0) is 39.0 Å². The molecule has 0 radical (unpaired) electrons. The van der Waals surface area contributed by atoms with Gasteiger partial charge in [-0.15, -0.1) is 11.8 Å². The predicted molar refractivity (Wildman–Crippen MR) is 87.0 cm³/mol. The Morgan fingerprint density at radius 1 is 1.37 bits per heavy atom. The number of rotatable bonds is 4. The van der Waals surface area contributed by atoms with Gasteiger partial charge >= 0.3 is 0 Å². The van der Waals surface area contributed by atoms with Crippen molar-refractivity contribution in [3.63, 3.8) is 0 Å². The third kappa shape index (κ3) is 5.12. The summed E-state index contributed by atoms with van der Waals surface area (Å²) >= 11 is 6.64. The average Bonchev–Trinajstić information content (AvgIpc) is 2.72. The van der Waals surface area contributed by atoms with E-state index in [4.69, 9.17) is 0 Å². The van der Waals surface area contributed by atoms with Crippen molar-refractivity contribution < 1.29 is 0 Å². The van der Waals surface area contributed by atoms with Gasteiger partial charge in [0.05, 0.1) is 5.75 Å². The molecule has 0 atom stereocenters. The van der Waals surface area contributed by atoms with Crippen LogP contribution in [-0.2, 0) is 5.75 Å². The second kappa shape index (κ2) is 6.24. The summed E-state index contributed by atoms with van der Waals surface area (Å²) in [5.74, 6) is 1.67. The Kier molecular flexibility index (Phi) is 4.86. The van der Waals surface area contributed by atoms with Crippen LogP contribution in [0.5, 0.6) is 0 Å². The average molecular weight is 358 g/mol. The van der Waals surface area contributed by atoms with Crippen LogP contribution in [0.1, 0.15) is 26.6 Å². The Balaban J connectivity index is 1.93. The van der Waals surface area contributed by atoms with Crippen molar-refractivity contribution >= 4 is 44.4 Å². The minimum absolute atomic E-state index is 0.0221. The molecule has 3 nitrogen and oxygen atoms in total. The zero-order chi connectivity index (χ0) is 13.9. The van der Waals surface area contributed by atoms with Gasteiger partial charge in [-0.2, -0.15) is 4.37 Å². The summed E-state index contributed by atoms with van der Waals surface area (Å²) < 4.78 is 5.47. The number of hydrogen-bond donors (Lipinski definition) is 1. The van der Waals surface area contributed by atoms with Crippen LogP contribution < -0.4 is 5.32 Å². The fourth-order valence-electron chi connectivity index (χ4n) is 1.39. The van der Waals surface area contributed by atoms with Crippen LogP contribution in [0.4, 0.5) is 5.13 Å². The first-order valence-electron chi connectivity index (χ1n) is 5.91.